The minimum absolute atomic E-state index is 0.234. The number of aromatic nitrogens is 1. The molecule has 156 valence electrons. The Balaban J connectivity index is 1.23. The van der Waals surface area contributed by atoms with Gasteiger partial charge in [0.2, 0.25) is 0 Å². The summed E-state index contributed by atoms with van der Waals surface area (Å²) >= 11 is 1.63. The fourth-order valence-corrected chi connectivity index (χ4v) is 4.09. The zero-order chi connectivity index (χ0) is 20.9. The summed E-state index contributed by atoms with van der Waals surface area (Å²) in [6.07, 6.45) is 0.659. The number of amides is 1. The van der Waals surface area contributed by atoms with Gasteiger partial charge in [-0.25, -0.2) is 4.98 Å². The highest BCUT2D eigenvalue weighted by atomic mass is 32.1. The molecular weight excluding hydrogens is 404 g/mol. The molecule has 0 spiro atoms. The van der Waals surface area contributed by atoms with E-state index in [0.29, 0.717) is 43.2 Å². The topological polar surface area (TPSA) is 86.8 Å². The molecule has 2 aromatic carbocycles. The molecule has 1 aliphatic heterocycles. The quantitative estimate of drug-likeness (QED) is 0.576. The van der Waals surface area contributed by atoms with E-state index in [4.69, 9.17) is 14.2 Å². The van der Waals surface area contributed by atoms with Gasteiger partial charge in [-0.2, -0.15) is 0 Å². The lowest BCUT2D eigenvalue weighted by Crippen LogP contribution is -2.30. The number of esters is 1. The minimum atomic E-state index is -0.895. The first-order valence-electron chi connectivity index (χ1n) is 9.83. The van der Waals surface area contributed by atoms with Gasteiger partial charge in [-0.3, -0.25) is 9.59 Å². The number of carbonyl (C=O) groups is 2. The second-order valence-electron chi connectivity index (χ2n) is 6.91. The van der Waals surface area contributed by atoms with Crippen molar-refractivity contribution in [2.24, 2.45) is 0 Å². The maximum absolute atomic E-state index is 12.3. The maximum atomic E-state index is 12.3. The SMILES string of the molecule is CC(OC(=O)CCCc1nc2ccccc2s1)C(=O)Nc1ccc2c(c1)OCCO2. The number of ether oxygens (including phenoxy) is 3. The van der Waals surface area contributed by atoms with Crippen LogP contribution in [0.1, 0.15) is 24.8 Å². The number of rotatable bonds is 7. The number of carbonyl (C=O) groups excluding carboxylic acids is 2. The molecule has 7 nitrogen and oxygen atoms in total. The van der Waals surface area contributed by atoms with Crippen molar-refractivity contribution >= 4 is 39.1 Å². The third-order valence-electron chi connectivity index (χ3n) is 4.60. The Morgan fingerprint density at radius 1 is 1.17 bits per heavy atom. The molecule has 0 saturated carbocycles. The second kappa shape index (κ2) is 9.13. The van der Waals surface area contributed by atoms with Crippen molar-refractivity contribution in [3.05, 3.63) is 47.5 Å². The van der Waals surface area contributed by atoms with E-state index in [1.54, 1.807) is 36.5 Å². The van der Waals surface area contributed by atoms with Gasteiger partial charge in [-0.05, 0) is 44.0 Å². The molecule has 0 bridgehead atoms. The molecule has 1 amide bonds. The van der Waals surface area contributed by atoms with Crippen LogP contribution < -0.4 is 14.8 Å². The Morgan fingerprint density at radius 3 is 2.80 bits per heavy atom. The zero-order valence-electron chi connectivity index (χ0n) is 16.6. The second-order valence-corrected chi connectivity index (χ2v) is 8.02. The maximum Gasteiger partial charge on any atom is 0.306 e. The van der Waals surface area contributed by atoms with Crippen molar-refractivity contribution < 1.29 is 23.8 Å². The predicted octanol–water partition coefficient (Wildman–Crippen LogP) is 3.96. The standard InChI is InChI=1S/C22H22N2O5S/c1-14(22(26)23-15-9-10-17-18(13-15)28-12-11-27-17)29-21(25)8-4-7-20-24-16-5-2-3-6-19(16)30-20/h2-3,5-6,9-10,13-14H,4,7-8,11-12H2,1H3,(H,23,26). The lowest BCUT2D eigenvalue weighted by Gasteiger charge is -2.19. The van der Waals surface area contributed by atoms with Gasteiger partial charge in [-0.15, -0.1) is 11.3 Å². The molecular formula is C22H22N2O5S. The molecule has 3 aromatic rings. The van der Waals surface area contributed by atoms with E-state index < -0.39 is 18.0 Å². The Bertz CT molecular complexity index is 1030. The summed E-state index contributed by atoms with van der Waals surface area (Å²) in [5, 5.41) is 3.73. The van der Waals surface area contributed by atoms with Crippen LogP contribution in [-0.2, 0) is 20.7 Å². The molecule has 0 fully saturated rings. The summed E-state index contributed by atoms with van der Waals surface area (Å²) < 4.78 is 17.4. The molecule has 0 saturated heterocycles. The summed E-state index contributed by atoms with van der Waals surface area (Å²) in [4.78, 5) is 29.0. The minimum Gasteiger partial charge on any atom is -0.486 e. The largest absolute Gasteiger partial charge is 0.486 e. The molecule has 4 rings (SSSR count). The number of hydrogen-bond acceptors (Lipinski definition) is 7. The van der Waals surface area contributed by atoms with Gasteiger partial charge < -0.3 is 19.5 Å². The van der Waals surface area contributed by atoms with E-state index >= 15 is 0 Å². The summed E-state index contributed by atoms with van der Waals surface area (Å²) in [5.41, 5.74) is 1.53. The normalized spacial score (nSPS) is 13.6. The Labute approximate surface area is 178 Å². The van der Waals surface area contributed by atoms with Crippen LogP contribution in [0.2, 0.25) is 0 Å². The first-order valence-corrected chi connectivity index (χ1v) is 10.6. The van der Waals surface area contributed by atoms with Crippen molar-refractivity contribution in [1.82, 2.24) is 4.98 Å². The van der Waals surface area contributed by atoms with Crippen molar-refractivity contribution in [3.8, 4) is 11.5 Å². The molecule has 30 heavy (non-hydrogen) atoms. The van der Waals surface area contributed by atoms with Crippen LogP contribution in [-0.4, -0.2) is 36.2 Å². The van der Waals surface area contributed by atoms with Crippen LogP contribution in [0, 0.1) is 0 Å². The summed E-state index contributed by atoms with van der Waals surface area (Å²) in [6.45, 7) is 2.53. The molecule has 1 unspecified atom stereocenters. The van der Waals surface area contributed by atoms with E-state index in [2.05, 4.69) is 10.3 Å². The van der Waals surface area contributed by atoms with E-state index in [-0.39, 0.29) is 6.42 Å². The van der Waals surface area contributed by atoms with E-state index in [1.807, 2.05) is 24.3 Å². The van der Waals surface area contributed by atoms with Crippen molar-refractivity contribution in [2.45, 2.75) is 32.3 Å². The smallest absolute Gasteiger partial charge is 0.306 e. The van der Waals surface area contributed by atoms with E-state index in [9.17, 15) is 9.59 Å². The highest BCUT2D eigenvalue weighted by molar-refractivity contribution is 7.18. The first kappa shape index (κ1) is 20.2. The number of para-hydroxylation sites is 1. The summed E-state index contributed by atoms with van der Waals surface area (Å²) in [5.74, 6) is 0.428. The third kappa shape index (κ3) is 4.88. The number of fused-ring (bicyclic) bond motifs is 2. The van der Waals surface area contributed by atoms with Gasteiger partial charge in [0.05, 0.1) is 15.2 Å². The molecule has 0 radical (unpaired) electrons. The average Bonchev–Trinajstić information content (AvgIpc) is 3.16. The number of aryl methyl sites for hydroxylation is 1. The van der Waals surface area contributed by atoms with Gasteiger partial charge in [0.15, 0.2) is 17.6 Å². The van der Waals surface area contributed by atoms with Crippen LogP contribution in [0.4, 0.5) is 5.69 Å². The van der Waals surface area contributed by atoms with Gasteiger partial charge in [0.25, 0.3) is 5.91 Å². The van der Waals surface area contributed by atoms with Crippen LogP contribution in [0.25, 0.3) is 10.2 Å². The fraction of sp³-hybridized carbons (Fsp3) is 0.318. The number of anilines is 1. The number of benzene rings is 2. The Morgan fingerprint density at radius 2 is 1.97 bits per heavy atom. The van der Waals surface area contributed by atoms with Gasteiger partial charge >= 0.3 is 5.97 Å². The summed E-state index contributed by atoms with van der Waals surface area (Å²) in [7, 11) is 0. The number of nitrogens with one attached hydrogen (secondary N) is 1. The van der Waals surface area contributed by atoms with Crippen molar-refractivity contribution in [3.63, 3.8) is 0 Å². The highest BCUT2D eigenvalue weighted by Crippen LogP contribution is 2.32. The van der Waals surface area contributed by atoms with Crippen molar-refractivity contribution in [1.29, 1.82) is 0 Å². The lowest BCUT2D eigenvalue weighted by molar-refractivity contribution is -0.153. The molecule has 1 atom stereocenters. The fourth-order valence-electron chi connectivity index (χ4n) is 3.09. The Kier molecular flexibility index (Phi) is 6.13. The van der Waals surface area contributed by atoms with Gasteiger partial charge in [-0.1, -0.05) is 12.1 Å². The number of thiazole rings is 1. The summed E-state index contributed by atoms with van der Waals surface area (Å²) in [6, 6.07) is 13.1. The molecule has 0 aliphatic carbocycles. The van der Waals surface area contributed by atoms with Crippen molar-refractivity contribution in [2.75, 3.05) is 18.5 Å². The van der Waals surface area contributed by atoms with Crippen LogP contribution in [0.15, 0.2) is 42.5 Å². The molecule has 1 aliphatic rings. The molecule has 1 aromatic heterocycles. The van der Waals surface area contributed by atoms with Gasteiger partial charge in [0, 0.05) is 18.2 Å². The van der Waals surface area contributed by atoms with Crippen LogP contribution >= 0.6 is 11.3 Å². The van der Waals surface area contributed by atoms with E-state index in [1.165, 1.54) is 0 Å². The lowest BCUT2D eigenvalue weighted by atomic mass is 10.2. The third-order valence-corrected chi connectivity index (χ3v) is 5.69. The van der Waals surface area contributed by atoms with E-state index in [0.717, 1.165) is 15.2 Å². The molecule has 8 heteroatoms. The number of nitrogens with zero attached hydrogens (tertiary/aromatic N) is 1. The molecule has 1 N–H and O–H groups in total. The Hall–Kier alpha value is -3.13. The predicted molar refractivity (Wildman–Crippen MR) is 114 cm³/mol. The molecule has 2 heterocycles. The number of hydrogen-bond donors (Lipinski definition) is 1. The van der Waals surface area contributed by atoms with Crippen LogP contribution in [0.5, 0.6) is 11.5 Å². The highest BCUT2D eigenvalue weighted by Gasteiger charge is 2.19. The zero-order valence-corrected chi connectivity index (χ0v) is 17.4. The van der Waals surface area contributed by atoms with Gasteiger partial charge in [0.1, 0.15) is 13.2 Å². The first-order chi connectivity index (χ1) is 14.6. The van der Waals surface area contributed by atoms with Crippen LogP contribution in [0.3, 0.4) is 0 Å². The average molecular weight is 426 g/mol. The monoisotopic (exact) mass is 426 g/mol.